The Morgan fingerprint density at radius 3 is 2.50 bits per heavy atom. The number of amides is 1. The molecule has 160 valence electrons. The lowest BCUT2D eigenvalue weighted by molar-refractivity contribution is -0.119. The fourth-order valence-electron chi connectivity index (χ4n) is 4.29. The second kappa shape index (κ2) is 7.85. The summed E-state index contributed by atoms with van der Waals surface area (Å²) in [6.45, 7) is 3.10. The van der Waals surface area contributed by atoms with Gasteiger partial charge in [-0.2, -0.15) is 4.31 Å². The van der Waals surface area contributed by atoms with E-state index in [0.29, 0.717) is 24.9 Å². The summed E-state index contributed by atoms with van der Waals surface area (Å²) in [4.78, 5) is 14.1. The van der Waals surface area contributed by atoms with Crippen molar-refractivity contribution in [1.29, 1.82) is 0 Å². The summed E-state index contributed by atoms with van der Waals surface area (Å²) in [6, 6.07) is 12.9. The Hall–Kier alpha value is -2.13. The SMILES string of the molecule is Cc1cc(Cl)c(O)c(S(=O)(=O)N2CCC3(CC2)NC(=O)CN3Cc2ccccc2)c1. The lowest BCUT2D eigenvalue weighted by Crippen LogP contribution is -2.58. The molecule has 2 aliphatic rings. The summed E-state index contributed by atoms with van der Waals surface area (Å²) in [5, 5.41) is 13.3. The van der Waals surface area contributed by atoms with Gasteiger partial charge in [0.05, 0.1) is 17.2 Å². The molecule has 0 atom stereocenters. The van der Waals surface area contributed by atoms with E-state index in [1.807, 2.05) is 30.3 Å². The fourth-order valence-corrected chi connectivity index (χ4v) is 6.25. The van der Waals surface area contributed by atoms with Gasteiger partial charge in [0.15, 0.2) is 5.75 Å². The molecular formula is C21H24ClN3O4S. The van der Waals surface area contributed by atoms with Gasteiger partial charge in [-0.3, -0.25) is 9.69 Å². The van der Waals surface area contributed by atoms with E-state index < -0.39 is 21.4 Å². The predicted molar refractivity (Wildman–Crippen MR) is 114 cm³/mol. The average Bonchev–Trinajstić information content (AvgIpc) is 3.00. The topological polar surface area (TPSA) is 90.0 Å². The molecule has 0 aliphatic carbocycles. The standard InChI is InChI=1S/C21H24ClN3O4S/c1-15-11-17(22)20(27)18(12-15)30(28,29)25-9-7-21(8-10-25)23-19(26)14-24(21)13-16-5-3-2-4-6-16/h2-6,11-12,27H,7-10,13-14H2,1H3,(H,23,26). The minimum atomic E-state index is -3.91. The number of benzene rings is 2. The maximum Gasteiger partial charge on any atom is 0.246 e. The van der Waals surface area contributed by atoms with Crippen LogP contribution in [-0.2, 0) is 21.4 Å². The summed E-state index contributed by atoms with van der Waals surface area (Å²) in [5.74, 6) is -0.479. The van der Waals surface area contributed by atoms with Gasteiger partial charge in [-0.15, -0.1) is 0 Å². The lowest BCUT2D eigenvalue weighted by Gasteiger charge is -2.43. The molecule has 2 aliphatic heterocycles. The molecule has 2 heterocycles. The summed E-state index contributed by atoms with van der Waals surface area (Å²) >= 11 is 5.99. The van der Waals surface area contributed by atoms with Gasteiger partial charge in [0.25, 0.3) is 0 Å². The van der Waals surface area contributed by atoms with E-state index in [2.05, 4.69) is 10.2 Å². The van der Waals surface area contributed by atoms with Crippen LogP contribution in [0, 0.1) is 6.92 Å². The molecule has 9 heteroatoms. The second-order valence-corrected chi connectivity index (χ2v) is 10.2. The number of rotatable bonds is 4. The third-order valence-electron chi connectivity index (χ3n) is 5.87. The second-order valence-electron chi connectivity index (χ2n) is 7.92. The number of carbonyl (C=O) groups is 1. The number of sulfonamides is 1. The van der Waals surface area contributed by atoms with E-state index in [0.717, 1.165) is 5.56 Å². The first-order valence-corrected chi connectivity index (χ1v) is 11.6. The Morgan fingerprint density at radius 1 is 1.17 bits per heavy atom. The van der Waals surface area contributed by atoms with E-state index >= 15 is 0 Å². The van der Waals surface area contributed by atoms with E-state index in [4.69, 9.17) is 11.6 Å². The van der Waals surface area contributed by atoms with Crippen molar-refractivity contribution in [3.8, 4) is 5.75 Å². The number of nitrogens with one attached hydrogen (secondary N) is 1. The maximum absolute atomic E-state index is 13.2. The molecule has 1 amide bonds. The Morgan fingerprint density at radius 2 is 1.83 bits per heavy atom. The van der Waals surface area contributed by atoms with Gasteiger partial charge < -0.3 is 10.4 Å². The van der Waals surface area contributed by atoms with Crippen LogP contribution in [-0.4, -0.2) is 53.9 Å². The van der Waals surface area contributed by atoms with Crippen LogP contribution in [0.25, 0.3) is 0 Å². The molecule has 2 saturated heterocycles. The third kappa shape index (κ3) is 3.80. The first kappa shape index (κ1) is 21.1. The molecule has 2 aromatic carbocycles. The monoisotopic (exact) mass is 449 g/mol. The minimum absolute atomic E-state index is 0.0131. The smallest absolute Gasteiger partial charge is 0.246 e. The zero-order valence-corrected chi connectivity index (χ0v) is 18.2. The normalized spacial score (nSPS) is 19.9. The molecular weight excluding hydrogens is 426 g/mol. The first-order valence-electron chi connectivity index (χ1n) is 9.80. The van der Waals surface area contributed by atoms with Crippen LogP contribution >= 0.6 is 11.6 Å². The van der Waals surface area contributed by atoms with Crippen molar-refractivity contribution in [1.82, 2.24) is 14.5 Å². The van der Waals surface area contributed by atoms with Crippen molar-refractivity contribution in [3.63, 3.8) is 0 Å². The number of hydrogen-bond acceptors (Lipinski definition) is 5. The highest BCUT2D eigenvalue weighted by Crippen LogP contribution is 2.37. The van der Waals surface area contributed by atoms with Crippen LogP contribution in [0.2, 0.25) is 5.02 Å². The van der Waals surface area contributed by atoms with Crippen LogP contribution in [0.4, 0.5) is 0 Å². The van der Waals surface area contributed by atoms with Crippen molar-refractivity contribution in [3.05, 3.63) is 58.6 Å². The number of aryl methyl sites for hydroxylation is 1. The van der Waals surface area contributed by atoms with Crippen LogP contribution < -0.4 is 5.32 Å². The number of nitrogens with zero attached hydrogens (tertiary/aromatic N) is 2. The van der Waals surface area contributed by atoms with E-state index in [9.17, 15) is 18.3 Å². The summed E-state index contributed by atoms with van der Waals surface area (Å²) in [5.41, 5.74) is 1.19. The average molecular weight is 450 g/mol. The van der Waals surface area contributed by atoms with Crippen molar-refractivity contribution >= 4 is 27.5 Å². The van der Waals surface area contributed by atoms with E-state index in [1.165, 1.54) is 16.4 Å². The van der Waals surface area contributed by atoms with Crippen LogP contribution in [0.3, 0.4) is 0 Å². The number of phenols is 1. The maximum atomic E-state index is 13.2. The van der Waals surface area contributed by atoms with Crippen molar-refractivity contribution in [2.75, 3.05) is 19.6 Å². The van der Waals surface area contributed by atoms with Crippen molar-refractivity contribution in [2.45, 2.75) is 36.9 Å². The van der Waals surface area contributed by atoms with Crippen LogP contribution in [0.1, 0.15) is 24.0 Å². The summed E-state index contributed by atoms with van der Waals surface area (Å²) in [7, 11) is -3.91. The highest BCUT2D eigenvalue weighted by atomic mass is 35.5. The third-order valence-corrected chi connectivity index (χ3v) is 8.07. The molecule has 2 N–H and O–H groups in total. The van der Waals surface area contributed by atoms with E-state index in [1.54, 1.807) is 6.92 Å². The van der Waals surface area contributed by atoms with Crippen LogP contribution in [0.5, 0.6) is 5.75 Å². The van der Waals surface area contributed by atoms with Crippen LogP contribution in [0.15, 0.2) is 47.4 Å². The van der Waals surface area contributed by atoms with Gasteiger partial charge in [-0.1, -0.05) is 41.9 Å². The molecule has 0 saturated carbocycles. The number of piperidine rings is 1. The number of carbonyl (C=O) groups excluding carboxylic acids is 1. The summed E-state index contributed by atoms with van der Waals surface area (Å²) < 4.78 is 27.7. The quantitative estimate of drug-likeness (QED) is 0.748. The first-order chi connectivity index (χ1) is 14.2. The highest BCUT2D eigenvalue weighted by molar-refractivity contribution is 7.89. The van der Waals surface area contributed by atoms with E-state index in [-0.39, 0.29) is 35.5 Å². The highest BCUT2D eigenvalue weighted by Gasteiger charge is 2.48. The molecule has 2 aromatic rings. The Bertz CT molecular complexity index is 1070. The van der Waals surface area contributed by atoms with Gasteiger partial charge in [0, 0.05) is 19.6 Å². The number of phenolic OH excluding ortho intramolecular Hbond substituents is 1. The molecule has 7 nitrogen and oxygen atoms in total. The Kier molecular flexibility index (Phi) is 5.52. The molecule has 1 spiro atoms. The zero-order chi connectivity index (χ0) is 21.5. The minimum Gasteiger partial charge on any atom is -0.505 e. The zero-order valence-electron chi connectivity index (χ0n) is 16.6. The van der Waals surface area contributed by atoms with Gasteiger partial charge in [0.1, 0.15) is 4.90 Å². The van der Waals surface area contributed by atoms with Crippen molar-refractivity contribution in [2.24, 2.45) is 0 Å². The largest absolute Gasteiger partial charge is 0.505 e. The molecule has 30 heavy (non-hydrogen) atoms. The number of aromatic hydroxyl groups is 1. The van der Waals surface area contributed by atoms with Gasteiger partial charge >= 0.3 is 0 Å². The Balaban J connectivity index is 1.54. The molecule has 0 bridgehead atoms. The van der Waals surface area contributed by atoms with Crippen molar-refractivity contribution < 1.29 is 18.3 Å². The fraction of sp³-hybridized carbons (Fsp3) is 0.381. The molecule has 0 radical (unpaired) electrons. The molecule has 2 fully saturated rings. The molecule has 0 unspecified atom stereocenters. The Labute approximate surface area is 181 Å². The number of hydrogen-bond donors (Lipinski definition) is 2. The van der Waals surface area contributed by atoms with Gasteiger partial charge in [-0.25, -0.2) is 8.42 Å². The summed E-state index contributed by atoms with van der Waals surface area (Å²) in [6.07, 6.45) is 0.927. The molecule has 0 aromatic heterocycles. The predicted octanol–water partition coefficient (Wildman–Crippen LogP) is 2.47. The molecule has 4 rings (SSSR count). The lowest BCUT2D eigenvalue weighted by atomic mass is 9.97. The van der Waals surface area contributed by atoms with Gasteiger partial charge in [0.2, 0.25) is 15.9 Å². The number of halogens is 1. The van der Waals surface area contributed by atoms with Gasteiger partial charge in [-0.05, 0) is 43.0 Å².